The molecule has 7 heteroatoms. The second kappa shape index (κ2) is 9.06. The Balaban J connectivity index is 1.67. The van der Waals surface area contributed by atoms with Crippen molar-refractivity contribution >= 4 is 23.6 Å². The minimum atomic E-state index is -0.0267. The summed E-state index contributed by atoms with van der Waals surface area (Å²) in [4.78, 5) is 17.0. The van der Waals surface area contributed by atoms with Gasteiger partial charge in [0.2, 0.25) is 0 Å². The highest BCUT2D eigenvalue weighted by Crippen LogP contribution is 2.31. The van der Waals surface area contributed by atoms with Crippen LogP contribution in [0.2, 0.25) is 5.02 Å². The van der Waals surface area contributed by atoms with Crippen LogP contribution in [0.5, 0.6) is 5.75 Å². The van der Waals surface area contributed by atoms with Gasteiger partial charge in [0.15, 0.2) is 0 Å². The molecule has 0 spiro atoms. The Labute approximate surface area is 165 Å². The fraction of sp³-hybridized carbons (Fsp3) is 0.550. The fourth-order valence-corrected chi connectivity index (χ4v) is 3.91. The van der Waals surface area contributed by atoms with E-state index in [1.165, 1.54) is 0 Å². The average Bonchev–Trinajstić information content (AvgIpc) is 3.07. The number of carbonyl (C=O) groups excluding carboxylic acids is 1. The normalized spacial score (nSPS) is 21.8. The van der Waals surface area contributed by atoms with E-state index in [-0.39, 0.29) is 31.0 Å². The molecule has 0 radical (unpaired) electrons. The Kier molecular flexibility index (Phi) is 6.76. The zero-order valence-electron chi connectivity index (χ0n) is 15.9. The van der Waals surface area contributed by atoms with Crippen LogP contribution in [0.3, 0.4) is 0 Å². The lowest BCUT2D eigenvalue weighted by molar-refractivity contribution is -0.126. The molecule has 2 heterocycles. The number of methoxy groups -OCH3 is 1. The summed E-state index contributed by atoms with van der Waals surface area (Å²) < 4.78 is 10.8. The van der Waals surface area contributed by atoms with E-state index in [4.69, 9.17) is 21.1 Å². The molecular formula is C20H27ClN2O4. The molecule has 0 unspecified atom stereocenters. The summed E-state index contributed by atoms with van der Waals surface area (Å²) in [6.45, 7) is 3.87. The summed E-state index contributed by atoms with van der Waals surface area (Å²) in [5.74, 6) is 1.04. The lowest BCUT2D eigenvalue weighted by atomic mass is 9.96. The molecule has 6 nitrogen and oxygen atoms in total. The number of aliphatic hydroxyl groups is 1. The number of benzene rings is 1. The number of likely N-dealkylation sites (tertiary alicyclic amines) is 1. The van der Waals surface area contributed by atoms with Gasteiger partial charge in [0.1, 0.15) is 12.4 Å². The van der Waals surface area contributed by atoms with E-state index in [1.807, 2.05) is 24.1 Å². The molecule has 148 valence electrons. The summed E-state index contributed by atoms with van der Waals surface area (Å²) in [6, 6.07) is 5.40. The summed E-state index contributed by atoms with van der Waals surface area (Å²) in [5.41, 5.74) is 1.45. The first-order valence-corrected chi connectivity index (χ1v) is 9.60. The summed E-state index contributed by atoms with van der Waals surface area (Å²) in [7, 11) is 3.72. The molecule has 2 atom stereocenters. The van der Waals surface area contributed by atoms with Gasteiger partial charge in [-0.1, -0.05) is 11.6 Å². The minimum Gasteiger partial charge on any atom is -0.488 e. The average molecular weight is 395 g/mol. The molecule has 1 amide bonds. The fourth-order valence-electron chi connectivity index (χ4n) is 3.73. The predicted octanol–water partition coefficient (Wildman–Crippen LogP) is 1.76. The number of ether oxygens (including phenoxy) is 2. The van der Waals surface area contributed by atoms with Crippen molar-refractivity contribution in [2.75, 3.05) is 60.2 Å². The van der Waals surface area contributed by atoms with Gasteiger partial charge in [0, 0.05) is 56.4 Å². The van der Waals surface area contributed by atoms with Crippen LogP contribution < -0.4 is 4.74 Å². The zero-order valence-corrected chi connectivity index (χ0v) is 16.6. The summed E-state index contributed by atoms with van der Waals surface area (Å²) >= 11 is 6.05. The minimum absolute atomic E-state index is 0.0267. The van der Waals surface area contributed by atoms with Crippen molar-refractivity contribution in [1.82, 2.24) is 9.80 Å². The van der Waals surface area contributed by atoms with E-state index in [1.54, 1.807) is 19.2 Å². The molecule has 2 aliphatic heterocycles. The van der Waals surface area contributed by atoms with Crippen molar-refractivity contribution in [2.24, 2.45) is 11.8 Å². The Bertz CT molecular complexity index is 709. The van der Waals surface area contributed by atoms with Crippen molar-refractivity contribution < 1.29 is 19.4 Å². The van der Waals surface area contributed by atoms with Gasteiger partial charge in [0.05, 0.1) is 12.2 Å². The van der Waals surface area contributed by atoms with Crippen molar-refractivity contribution in [3.8, 4) is 5.75 Å². The number of hydrogen-bond acceptors (Lipinski definition) is 5. The first kappa shape index (κ1) is 20.1. The maximum Gasteiger partial charge on any atom is 0.253 e. The Morgan fingerprint density at radius 1 is 1.41 bits per heavy atom. The smallest absolute Gasteiger partial charge is 0.253 e. The quantitative estimate of drug-likeness (QED) is 0.763. The van der Waals surface area contributed by atoms with Crippen LogP contribution in [-0.4, -0.2) is 81.0 Å². The number of nitrogens with zero attached hydrogens (tertiary/aromatic N) is 2. The third kappa shape index (κ3) is 4.82. The molecule has 1 fully saturated rings. The number of aliphatic hydroxyl groups excluding tert-OH is 1. The highest BCUT2D eigenvalue weighted by Gasteiger charge is 2.36. The first-order valence-electron chi connectivity index (χ1n) is 9.22. The SMILES string of the molecule is COCCN(C)C[C@@H]1CN(C(=O)C2=Cc3cc(Cl)ccc3OC2)C[C@@H]1CO. The standard InChI is InChI=1S/C20H27ClN2O4/c1-22(5-6-26-2)9-16-10-23(11-17(16)12-24)20(25)15-7-14-8-18(21)3-4-19(14)27-13-15/h3-4,7-8,16-17,24H,5-6,9-13H2,1-2H3/t16-,17-/m1/s1. The third-order valence-electron chi connectivity index (χ3n) is 5.28. The van der Waals surface area contributed by atoms with E-state index in [0.717, 1.165) is 24.4 Å². The Hall–Kier alpha value is -1.60. The molecule has 0 bridgehead atoms. The number of halogens is 1. The van der Waals surface area contributed by atoms with Crippen LogP contribution in [-0.2, 0) is 9.53 Å². The van der Waals surface area contributed by atoms with E-state index in [9.17, 15) is 9.90 Å². The van der Waals surface area contributed by atoms with Crippen LogP contribution >= 0.6 is 11.6 Å². The van der Waals surface area contributed by atoms with Crippen LogP contribution in [0.1, 0.15) is 5.56 Å². The molecule has 1 aromatic rings. The van der Waals surface area contributed by atoms with E-state index in [2.05, 4.69) is 4.90 Å². The van der Waals surface area contributed by atoms with Crippen molar-refractivity contribution in [3.63, 3.8) is 0 Å². The summed E-state index contributed by atoms with van der Waals surface area (Å²) in [5, 5.41) is 10.4. The number of amides is 1. The van der Waals surface area contributed by atoms with Crippen molar-refractivity contribution in [1.29, 1.82) is 0 Å². The summed E-state index contributed by atoms with van der Waals surface area (Å²) in [6.07, 6.45) is 1.86. The molecule has 0 aliphatic carbocycles. The van der Waals surface area contributed by atoms with Crippen LogP contribution in [0.4, 0.5) is 0 Å². The lowest BCUT2D eigenvalue weighted by Gasteiger charge is -2.24. The van der Waals surface area contributed by atoms with Crippen LogP contribution in [0, 0.1) is 11.8 Å². The van der Waals surface area contributed by atoms with E-state index < -0.39 is 0 Å². The number of fused-ring (bicyclic) bond motifs is 1. The van der Waals surface area contributed by atoms with Gasteiger partial charge in [-0.2, -0.15) is 0 Å². The molecule has 27 heavy (non-hydrogen) atoms. The maximum atomic E-state index is 13.0. The van der Waals surface area contributed by atoms with Gasteiger partial charge in [-0.3, -0.25) is 4.79 Å². The molecule has 1 saturated heterocycles. The van der Waals surface area contributed by atoms with Gasteiger partial charge in [-0.05, 0) is 37.2 Å². The topological polar surface area (TPSA) is 62.2 Å². The molecule has 1 aromatic carbocycles. The van der Waals surface area contributed by atoms with Crippen molar-refractivity contribution in [3.05, 3.63) is 34.4 Å². The number of rotatable bonds is 7. The lowest BCUT2D eigenvalue weighted by Crippen LogP contribution is -2.35. The maximum absolute atomic E-state index is 13.0. The number of carbonyl (C=O) groups is 1. The van der Waals surface area contributed by atoms with Gasteiger partial charge in [-0.25, -0.2) is 0 Å². The van der Waals surface area contributed by atoms with Crippen LogP contribution in [0.15, 0.2) is 23.8 Å². The molecule has 1 N–H and O–H groups in total. The van der Waals surface area contributed by atoms with Gasteiger partial charge in [-0.15, -0.1) is 0 Å². The third-order valence-corrected chi connectivity index (χ3v) is 5.52. The highest BCUT2D eigenvalue weighted by molar-refractivity contribution is 6.30. The molecule has 2 aliphatic rings. The predicted molar refractivity (Wildman–Crippen MR) is 105 cm³/mol. The molecular weight excluding hydrogens is 368 g/mol. The van der Waals surface area contributed by atoms with Gasteiger partial charge in [0.25, 0.3) is 5.91 Å². The number of hydrogen-bond donors (Lipinski definition) is 1. The number of likely N-dealkylation sites (N-methyl/N-ethyl adjacent to an activating group) is 1. The first-order chi connectivity index (χ1) is 13.0. The van der Waals surface area contributed by atoms with Gasteiger partial charge >= 0.3 is 0 Å². The second-order valence-electron chi connectivity index (χ2n) is 7.31. The highest BCUT2D eigenvalue weighted by atomic mass is 35.5. The monoisotopic (exact) mass is 394 g/mol. The van der Waals surface area contributed by atoms with Gasteiger partial charge < -0.3 is 24.4 Å². The van der Waals surface area contributed by atoms with Crippen molar-refractivity contribution in [2.45, 2.75) is 0 Å². The van der Waals surface area contributed by atoms with Crippen LogP contribution in [0.25, 0.3) is 6.08 Å². The largest absolute Gasteiger partial charge is 0.488 e. The van der Waals surface area contributed by atoms with E-state index in [0.29, 0.717) is 30.3 Å². The van der Waals surface area contributed by atoms with E-state index >= 15 is 0 Å². The zero-order chi connectivity index (χ0) is 19.4. The molecule has 0 saturated carbocycles. The molecule has 0 aromatic heterocycles. The molecule has 3 rings (SSSR count). The second-order valence-corrected chi connectivity index (χ2v) is 7.74. The Morgan fingerprint density at radius 2 is 2.19 bits per heavy atom. The Morgan fingerprint density at radius 3 is 2.93 bits per heavy atom.